The lowest BCUT2D eigenvalue weighted by Gasteiger charge is -2.27. The van der Waals surface area contributed by atoms with E-state index in [1.54, 1.807) is 17.3 Å². The van der Waals surface area contributed by atoms with Crippen LogP contribution in [0.25, 0.3) is 11.1 Å². The molecular weight excluding hydrogens is 386 g/mol. The van der Waals surface area contributed by atoms with Crippen molar-refractivity contribution < 1.29 is 9.59 Å². The molecule has 4 rings (SSSR count). The van der Waals surface area contributed by atoms with Crippen molar-refractivity contribution >= 4 is 11.8 Å². The average Bonchev–Trinajstić information content (AvgIpc) is 3.21. The maximum atomic E-state index is 12.8. The van der Waals surface area contributed by atoms with Crippen LogP contribution in [-0.2, 0) is 22.4 Å². The molecule has 2 heterocycles. The second kappa shape index (κ2) is 8.72. The first-order chi connectivity index (χ1) is 15.0. The molecule has 0 radical (unpaired) electrons. The van der Waals surface area contributed by atoms with Crippen LogP contribution in [0.2, 0.25) is 0 Å². The largest absolute Gasteiger partial charge is 0.369 e. The van der Waals surface area contributed by atoms with Crippen LogP contribution in [0, 0.1) is 12.3 Å². The number of hydrogen-bond donors (Lipinski definition) is 1. The van der Waals surface area contributed by atoms with E-state index in [0.717, 1.165) is 22.3 Å². The van der Waals surface area contributed by atoms with Crippen molar-refractivity contribution in [1.82, 2.24) is 9.88 Å². The number of nitrogens with two attached hydrogens (primary N) is 1. The number of aryl methyl sites for hydroxylation is 1. The zero-order chi connectivity index (χ0) is 21.8. The topological polar surface area (TPSA) is 76.3 Å². The molecule has 2 amide bonds. The Balaban J connectivity index is 1.57. The van der Waals surface area contributed by atoms with E-state index in [1.807, 2.05) is 30.3 Å². The summed E-state index contributed by atoms with van der Waals surface area (Å²) < 4.78 is 0. The summed E-state index contributed by atoms with van der Waals surface area (Å²) in [7, 11) is 0. The fraction of sp³-hybridized carbons (Fsp3) is 0.269. The summed E-state index contributed by atoms with van der Waals surface area (Å²) in [6.07, 6.45) is 4.76. The van der Waals surface area contributed by atoms with Gasteiger partial charge in [0.2, 0.25) is 11.8 Å². The fourth-order valence-corrected chi connectivity index (χ4v) is 4.44. The number of nitrogens with zero attached hydrogens (tertiary/aromatic N) is 2. The summed E-state index contributed by atoms with van der Waals surface area (Å²) in [4.78, 5) is 31.3. The number of carbonyl (C=O) groups is 2. The Kier molecular flexibility index (Phi) is 5.85. The van der Waals surface area contributed by atoms with Crippen molar-refractivity contribution in [3.05, 3.63) is 89.7 Å². The zero-order valence-corrected chi connectivity index (χ0v) is 17.8. The normalized spacial score (nSPS) is 18.2. The molecule has 0 saturated carbocycles. The summed E-state index contributed by atoms with van der Waals surface area (Å²) in [5.74, 6) is -0.341. The molecule has 5 nitrogen and oxygen atoms in total. The molecule has 31 heavy (non-hydrogen) atoms. The summed E-state index contributed by atoms with van der Waals surface area (Å²) in [6.45, 7) is 2.96. The minimum Gasteiger partial charge on any atom is -0.369 e. The smallest absolute Gasteiger partial charge is 0.227 e. The third-order valence-corrected chi connectivity index (χ3v) is 6.18. The van der Waals surface area contributed by atoms with Gasteiger partial charge in [-0.05, 0) is 48.1 Å². The highest BCUT2D eigenvalue weighted by Gasteiger charge is 2.45. The van der Waals surface area contributed by atoms with Gasteiger partial charge in [0.05, 0.1) is 11.8 Å². The van der Waals surface area contributed by atoms with Gasteiger partial charge >= 0.3 is 0 Å². The predicted octanol–water partition coefficient (Wildman–Crippen LogP) is 3.55. The molecule has 0 aliphatic carbocycles. The molecule has 1 atom stereocenters. The monoisotopic (exact) mass is 413 g/mol. The molecule has 1 fully saturated rings. The third-order valence-electron chi connectivity index (χ3n) is 6.18. The van der Waals surface area contributed by atoms with E-state index in [0.29, 0.717) is 25.9 Å². The molecule has 5 heteroatoms. The highest BCUT2D eigenvalue weighted by molar-refractivity contribution is 5.85. The average molecular weight is 414 g/mol. The van der Waals surface area contributed by atoms with E-state index in [2.05, 4.69) is 42.2 Å². The van der Waals surface area contributed by atoms with E-state index < -0.39 is 5.41 Å². The number of likely N-dealkylation sites (tertiary alicyclic amines) is 1. The maximum Gasteiger partial charge on any atom is 0.227 e. The Morgan fingerprint density at radius 1 is 1.10 bits per heavy atom. The standard InChI is InChI=1S/C26H27N3O2/c1-19-6-4-9-21(14-19)23-10-3-2-8-22(23)16-26(25(27)31)11-13-29(18-26)24(30)15-20-7-5-12-28-17-20/h2-10,12,14,17H,11,13,15-16,18H2,1H3,(H2,27,31). The molecule has 158 valence electrons. The van der Waals surface area contributed by atoms with Gasteiger partial charge < -0.3 is 10.6 Å². The van der Waals surface area contributed by atoms with Crippen LogP contribution in [-0.4, -0.2) is 34.8 Å². The molecule has 1 unspecified atom stereocenters. The molecule has 2 N–H and O–H groups in total. The first-order valence-corrected chi connectivity index (χ1v) is 10.6. The minimum absolute atomic E-state index is 0.00287. The lowest BCUT2D eigenvalue weighted by Crippen LogP contribution is -2.42. The van der Waals surface area contributed by atoms with Gasteiger partial charge in [0.25, 0.3) is 0 Å². The number of carbonyl (C=O) groups excluding carboxylic acids is 2. The van der Waals surface area contributed by atoms with Crippen LogP contribution >= 0.6 is 0 Å². The van der Waals surface area contributed by atoms with Gasteiger partial charge in [-0.1, -0.05) is 60.2 Å². The van der Waals surface area contributed by atoms with Crippen LogP contribution in [0.3, 0.4) is 0 Å². The van der Waals surface area contributed by atoms with Gasteiger partial charge in [-0.25, -0.2) is 0 Å². The third kappa shape index (κ3) is 4.50. The Bertz CT molecular complexity index is 1100. The lowest BCUT2D eigenvalue weighted by atomic mass is 9.78. The number of primary amides is 1. The first-order valence-electron chi connectivity index (χ1n) is 10.6. The SMILES string of the molecule is Cc1cccc(-c2ccccc2CC2(C(N)=O)CCN(C(=O)Cc3cccnc3)C2)c1. The first kappa shape index (κ1) is 20.8. The maximum absolute atomic E-state index is 12.8. The van der Waals surface area contributed by atoms with Gasteiger partial charge in [0, 0.05) is 25.5 Å². The van der Waals surface area contributed by atoms with Crippen LogP contribution in [0.5, 0.6) is 0 Å². The molecular formula is C26H27N3O2. The molecule has 0 spiro atoms. The molecule has 2 aromatic carbocycles. The molecule has 1 aromatic heterocycles. The van der Waals surface area contributed by atoms with Crippen molar-refractivity contribution in [2.24, 2.45) is 11.1 Å². The fourth-order valence-electron chi connectivity index (χ4n) is 4.44. The molecule has 1 saturated heterocycles. The summed E-state index contributed by atoms with van der Waals surface area (Å²) >= 11 is 0. The van der Waals surface area contributed by atoms with Gasteiger partial charge in [0.15, 0.2) is 0 Å². The van der Waals surface area contributed by atoms with Gasteiger partial charge in [-0.3, -0.25) is 14.6 Å². The molecule has 1 aliphatic heterocycles. The van der Waals surface area contributed by atoms with Crippen molar-refractivity contribution in [3.8, 4) is 11.1 Å². The predicted molar refractivity (Wildman–Crippen MR) is 121 cm³/mol. The zero-order valence-electron chi connectivity index (χ0n) is 17.8. The molecule has 1 aliphatic rings. The summed E-state index contributed by atoms with van der Waals surface area (Å²) in [5, 5.41) is 0. The van der Waals surface area contributed by atoms with Crippen LogP contribution in [0.1, 0.15) is 23.1 Å². The van der Waals surface area contributed by atoms with Gasteiger partial charge in [-0.2, -0.15) is 0 Å². The Hall–Kier alpha value is -3.47. The van der Waals surface area contributed by atoms with Crippen molar-refractivity contribution in [2.75, 3.05) is 13.1 Å². The number of amides is 2. The lowest BCUT2D eigenvalue weighted by molar-refractivity contribution is -0.131. The highest BCUT2D eigenvalue weighted by Crippen LogP contribution is 2.37. The van der Waals surface area contributed by atoms with Crippen molar-refractivity contribution in [2.45, 2.75) is 26.2 Å². The number of benzene rings is 2. The Labute approximate surface area is 182 Å². The molecule has 0 bridgehead atoms. The highest BCUT2D eigenvalue weighted by atomic mass is 16.2. The van der Waals surface area contributed by atoms with Gasteiger partial charge in [-0.15, -0.1) is 0 Å². The Morgan fingerprint density at radius 3 is 2.68 bits per heavy atom. The number of pyridine rings is 1. The minimum atomic E-state index is -0.759. The van der Waals surface area contributed by atoms with Crippen molar-refractivity contribution in [3.63, 3.8) is 0 Å². The number of aromatic nitrogens is 1. The summed E-state index contributed by atoms with van der Waals surface area (Å²) in [5.41, 5.74) is 10.5. The van der Waals surface area contributed by atoms with E-state index in [4.69, 9.17) is 5.73 Å². The quantitative estimate of drug-likeness (QED) is 0.671. The Morgan fingerprint density at radius 2 is 1.94 bits per heavy atom. The van der Waals surface area contributed by atoms with E-state index in [1.165, 1.54) is 5.56 Å². The van der Waals surface area contributed by atoms with Gasteiger partial charge in [0.1, 0.15) is 0 Å². The second-order valence-corrected chi connectivity index (χ2v) is 8.45. The van der Waals surface area contributed by atoms with Crippen LogP contribution in [0.4, 0.5) is 0 Å². The number of rotatable bonds is 6. The second-order valence-electron chi connectivity index (χ2n) is 8.45. The van der Waals surface area contributed by atoms with E-state index >= 15 is 0 Å². The summed E-state index contributed by atoms with van der Waals surface area (Å²) in [6, 6.07) is 20.2. The van der Waals surface area contributed by atoms with Crippen LogP contribution < -0.4 is 5.73 Å². The van der Waals surface area contributed by atoms with Crippen LogP contribution in [0.15, 0.2) is 73.1 Å². The van der Waals surface area contributed by atoms with Crippen molar-refractivity contribution in [1.29, 1.82) is 0 Å². The van der Waals surface area contributed by atoms with E-state index in [-0.39, 0.29) is 18.2 Å². The number of hydrogen-bond acceptors (Lipinski definition) is 3. The van der Waals surface area contributed by atoms with E-state index in [9.17, 15) is 9.59 Å². The molecule has 3 aromatic rings.